The van der Waals surface area contributed by atoms with Gasteiger partial charge in [-0.15, -0.1) is 0 Å². The van der Waals surface area contributed by atoms with Gasteiger partial charge in [0.2, 0.25) is 5.91 Å². The molecule has 0 spiro atoms. The summed E-state index contributed by atoms with van der Waals surface area (Å²) >= 11 is 0. The number of nitriles is 1. The number of nitrogens with one attached hydrogen (secondary N) is 1. The number of amides is 1. The highest BCUT2D eigenvalue weighted by atomic mass is 16.5. The molecule has 1 fully saturated rings. The second kappa shape index (κ2) is 6.89. The zero-order valence-electron chi connectivity index (χ0n) is 10.1. The largest absolute Gasteiger partial charge is 0.461 e. The van der Waals surface area contributed by atoms with Gasteiger partial charge in [0.05, 0.1) is 6.07 Å². The summed E-state index contributed by atoms with van der Waals surface area (Å²) < 4.78 is 5.30. The summed E-state index contributed by atoms with van der Waals surface area (Å²) in [5.41, 5.74) is 0. The monoisotopic (exact) mass is 238 g/mol. The number of rotatable bonds is 4. The fourth-order valence-corrected chi connectivity index (χ4v) is 1.87. The average molecular weight is 238 g/mol. The average Bonchev–Trinajstić information content (AvgIpc) is 2.30. The lowest BCUT2D eigenvalue weighted by atomic mass is 9.98. The maximum absolute atomic E-state index is 11.6. The van der Waals surface area contributed by atoms with Gasteiger partial charge in [-0.2, -0.15) is 5.26 Å². The summed E-state index contributed by atoms with van der Waals surface area (Å²) in [6.07, 6.45) is 4.95. The predicted octanol–water partition coefficient (Wildman–Crippen LogP) is 1.28. The van der Waals surface area contributed by atoms with Crippen LogP contribution in [0.15, 0.2) is 0 Å². The molecule has 1 aliphatic rings. The van der Waals surface area contributed by atoms with Crippen LogP contribution in [0.25, 0.3) is 0 Å². The molecule has 0 aliphatic heterocycles. The molecule has 5 heteroatoms. The van der Waals surface area contributed by atoms with Crippen molar-refractivity contribution in [1.29, 1.82) is 5.26 Å². The first-order chi connectivity index (χ1) is 8.13. The van der Waals surface area contributed by atoms with E-state index >= 15 is 0 Å². The summed E-state index contributed by atoms with van der Waals surface area (Å²) in [6, 6.07) is 1.05. The normalized spacial score (nSPS) is 17.9. The SMILES string of the molecule is CC(NC(=O)CC#N)C(=O)OC1CCCCC1. The lowest BCUT2D eigenvalue weighted by Gasteiger charge is -2.23. The Morgan fingerprint density at radius 2 is 2.06 bits per heavy atom. The van der Waals surface area contributed by atoms with Gasteiger partial charge in [0.15, 0.2) is 0 Å². The van der Waals surface area contributed by atoms with Gasteiger partial charge in [0.25, 0.3) is 0 Å². The summed E-state index contributed by atoms with van der Waals surface area (Å²) in [7, 11) is 0. The molecule has 0 heterocycles. The van der Waals surface area contributed by atoms with Gasteiger partial charge in [-0.25, -0.2) is 4.79 Å². The molecule has 17 heavy (non-hydrogen) atoms. The van der Waals surface area contributed by atoms with Crippen molar-refractivity contribution in [3.63, 3.8) is 0 Å². The Hall–Kier alpha value is -1.57. The number of carbonyl (C=O) groups excluding carboxylic acids is 2. The van der Waals surface area contributed by atoms with Crippen LogP contribution in [-0.4, -0.2) is 24.0 Å². The highest BCUT2D eigenvalue weighted by Gasteiger charge is 2.22. The third kappa shape index (κ3) is 4.85. The van der Waals surface area contributed by atoms with Crippen molar-refractivity contribution < 1.29 is 14.3 Å². The molecular weight excluding hydrogens is 220 g/mol. The van der Waals surface area contributed by atoms with Gasteiger partial charge in [0.1, 0.15) is 18.6 Å². The molecule has 0 bridgehead atoms. The van der Waals surface area contributed by atoms with Crippen LogP contribution in [0.1, 0.15) is 45.4 Å². The van der Waals surface area contributed by atoms with Crippen molar-refractivity contribution in [2.45, 2.75) is 57.6 Å². The van der Waals surface area contributed by atoms with Gasteiger partial charge in [0, 0.05) is 0 Å². The van der Waals surface area contributed by atoms with E-state index in [0.717, 1.165) is 25.7 Å². The van der Waals surface area contributed by atoms with Crippen LogP contribution in [0.4, 0.5) is 0 Å². The van der Waals surface area contributed by atoms with Crippen molar-refractivity contribution >= 4 is 11.9 Å². The minimum Gasteiger partial charge on any atom is -0.461 e. The van der Waals surface area contributed by atoms with Crippen LogP contribution in [0.5, 0.6) is 0 Å². The van der Waals surface area contributed by atoms with Crippen molar-refractivity contribution in [1.82, 2.24) is 5.32 Å². The number of nitrogens with zero attached hydrogens (tertiary/aromatic N) is 1. The molecule has 0 aromatic rings. The fraction of sp³-hybridized carbons (Fsp3) is 0.750. The van der Waals surface area contributed by atoms with Crippen LogP contribution in [-0.2, 0) is 14.3 Å². The Kier molecular flexibility index (Phi) is 5.47. The Morgan fingerprint density at radius 3 is 2.65 bits per heavy atom. The minimum atomic E-state index is -0.683. The number of carbonyl (C=O) groups is 2. The van der Waals surface area contributed by atoms with Crippen LogP contribution < -0.4 is 5.32 Å². The molecule has 0 aromatic heterocycles. The molecule has 1 saturated carbocycles. The zero-order valence-corrected chi connectivity index (χ0v) is 10.1. The van der Waals surface area contributed by atoms with Crippen LogP contribution in [0, 0.1) is 11.3 Å². The molecule has 1 rings (SSSR count). The van der Waals surface area contributed by atoms with Gasteiger partial charge >= 0.3 is 5.97 Å². The summed E-state index contributed by atoms with van der Waals surface area (Å²) in [5.74, 6) is -0.858. The van der Waals surface area contributed by atoms with E-state index in [1.165, 1.54) is 6.42 Å². The number of esters is 1. The molecule has 0 saturated heterocycles. The predicted molar refractivity (Wildman–Crippen MR) is 60.8 cm³/mol. The van der Waals surface area contributed by atoms with Gasteiger partial charge in [-0.1, -0.05) is 6.42 Å². The maximum Gasteiger partial charge on any atom is 0.328 e. The third-order valence-electron chi connectivity index (χ3n) is 2.81. The molecular formula is C12H18N2O3. The van der Waals surface area contributed by atoms with Crippen LogP contribution in [0.3, 0.4) is 0 Å². The Balaban J connectivity index is 2.31. The zero-order chi connectivity index (χ0) is 12.7. The first kappa shape index (κ1) is 13.5. The van der Waals surface area contributed by atoms with Crippen molar-refractivity contribution in [2.24, 2.45) is 0 Å². The Bertz CT molecular complexity index is 316. The first-order valence-electron chi connectivity index (χ1n) is 6.00. The van der Waals surface area contributed by atoms with E-state index in [4.69, 9.17) is 10.00 Å². The van der Waals surface area contributed by atoms with Gasteiger partial charge in [-0.05, 0) is 32.6 Å². The van der Waals surface area contributed by atoms with Crippen molar-refractivity contribution in [2.75, 3.05) is 0 Å². The second-order valence-electron chi connectivity index (χ2n) is 4.32. The van der Waals surface area contributed by atoms with E-state index < -0.39 is 17.9 Å². The van der Waals surface area contributed by atoms with Gasteiger partial charge < -0.3 is 10.1 Å². The van der Waals surface area contributed by atoms with E-state index in [1.807, 2.05) is 0 Å². The summed E-state index contributed by atoms with van der Waals surface area (Å²) in [4.78, 5) is 22.7. The smallest absolute Gasteiger partial charge is 0.328 e. The standard InChI is InChI=1S/C12H18N2O3/c1-9(14-11(15)7-8-13)12(16)17-10-5-3-2-4-6-10/h9-10H,2-7H2,1H3,(H,14,15). The second-order valence-corrected chi connectivity index (χ2v) is 4.32. The number of ether oxygens (including phenoxy) is 1. The first-order valence-corrected chi connectivity index (χ1v) is 6.00. The molecule has 0 radical (unpaired) electrons. The molecule has 94 valence electrons. The Labute approximate surface area is 101 Å². The van der Waals surface area contributed by atoms with E-state index in [0.29, 0.717) is 0 Å². The quantitative estimate of drug-likeness (QED) is 0.748. The number of hydrogen-bond acceptors (Lipinski definition) is 4. The fourth-order valence-electron chi connectivity index (χ4n) is 1.87. The van der Waals surface area contributed by atoms with Crippen molar-refractivity contribution in [3.8, 4) is 6.07 Å². The van der Waals surface area contributed by atoms with Gasteiger partial charge in [-0.3, -0.25) is 4.79 Å². The highest BCUT2D eigenvalue weighted by Crippen LogP contribution is 2.20. The highest BCUT2D eigenvalue weighted by molar-refractivity contribution is 5.85. The maximum atomic E-state index is 11.6. The van der Waals surface area contributed by atoms with E-state index in [2.05, 4.69) is 5.32 Å². The summed E-state index contributed by atoms with van der Waals surface area (Å²) in [6.45, 7) is 1.57. The minimum absolute atomic E-state index is 0.00781. The summed E-state index contributed by atoms with van der Waals surface area (Å²) in [5, 5.41) is 10.8. The Morgan fingerprint density at radius 1 is 1.41 bits per heavy atom. The molecule has 1 unspecified atom stereocenters. The number of hydrogen-bond donors (Lipinski definition) is 1. The lowest BCUT2D eigenvalue weighted by molar-refractivity contribution is -0.153. The molecule has 0 aromatic carbocycles. The lowest BCUT2D eigenvalue weighted by Crippen LogP contribution is -2.40. The topological polar surface area (TPSA) is 79.2 Å². The molecule has 1 atom stereocenters. The molecule has 1 amide bonds. The van der Waals surface area contributed by atoms with E-state index in [1.54, 1.807) is 13.0 Å². The van der Waals surface area contributed by atoms with E-state index in [9.17, 15) is 9.59 Å². The van der Waals surface area contributed by atoms with Crippen LogP contribution >= 0.6 is 0 Å². The van der Waals surface area contributed by atoms with E-state index in [-0.39, 0.29) is 12.5 Å². The molecule has 1 N–H and O–H groups in total. The van der Waals surface area contributed by atoms with Crippen LogP contribution in [0.2, 0.25) is 0 Å². The molecule has 1 aliphatic carbocycles. The third-order valence-corrected chi connectivity index (χ3v) is 2.81. The van der Waals surface area contributed by atoms with Crippen molar-refractivity contribution in [3.05, 3.63) is 0 Å². The molecule has 5 nitrogen and oxygen atoms in total.